The van der Waals surface area contributed by atoms with Gasteiger partial charge in [0.15, 0.2) is 0 Å². The average molecular weight is 339 g/mol. The second-order valence-electron chi connectivity index (χ2n) is 4.42. The lowest BCUT2D eigenvalue weighted by Crippen LogP contribution is -2.24. The van der Waals surface area contributed by atoms with Crippen LogP contribution in [0.15, 0.2) is 34.2 Å². The van der Waals surface area contributed by atoms with Gasteiger partial charge >= 0.3 is 0 Å². The highest BCUT2D eigenvalue weighted by Crippen LogP contribution is 2.27. The molecule has 2 nitrogen and oxygen atoms in total. The number of likely N-dealkylation sites (N-methyl/N-ethyl adjacent to an activating group) is 1. The molecule has 2 aromatic rings. The Kier molecular flexibility index (Phi) is 5.55. The maximum atomic E-state index is 4.60. The maximum Gasteiger partial charge on any atom is 0.0701 e. The number of rotatable bonds is 6. The molecular formula is C15H19BrN2S. The van der Waals surface area contributed by atoms with E-state index < -0.39 is 0 Å². The van der Waals surface area contributed by atoms with Crippen molar-refractivity contribution < 1.29 is 0 Å². The number of nitrogens with one attached hydrogen (secondary N) is 1. The lowest BCUT2D eigenvalue weighted by molar-refractivity contribution is 0.535. The molecule has 2 rings (SSSR count). The molecule has 0 fully saturated rings. The SMILES string of the molecule is CCNC(Cc1ccc(Br)s1)c1ncccc1CC. The van der Waals surface area contributed by atoms with Gasteiger partial charge in [0.2, 0.25) is 0 Å². The first-order chi connectivity index (χ1) is 9.24. The number of nitrogens with zero attached hydrogens (tertiary/aromatic N) is 1. The fraction of sp³-hybridized carbons (Fsp3) is 0.400. The van der Waals surface area contributed by atoms with Crippen molar-refractivity contribution in [1.29, 1.82) is 0 Å². The van der Waals surface area contributed by atoms with E-state index in [1.165, 1.54) is 19.9 Å². The molecule has 0 bridgehead atoms. The van der Waals surface area contributed by atoms with Gasteiger partial charge in [-0.05, 0) is 52.7 Å². The predicted molar refractivity (Wildman–Crippen MR) is 85.8 cm³/mol. The van der Waals surface area contributed by atoms with Gasteiger partial charge in [-0.2, -0.15) is 0 Å². The molecule has 102 valence electrons. The first kappa shape index (κ1) is 14.7. The first-order valence-electron chi connectivity index (χ1n) is 6.66. The predicted octanol–water partition coefficient (Wildman–Crippen LogP) is 4.36. The Hall–Kier alpha value is -0.710. The molecule has 4 heteroatoms. The van der Waals surface area contributed by atoms with Gasteiger partial charge in [0.25, 0.3) is 0 Å². The van der Waals surface area contributed by atoms with E-state index in [1.807, 2.05) is 12.3 Å². The zero-order valence-electron chi connectivity index (χ0n) is 11.3. The molecule has 19 heavy (non-hydrogen) atoms. The van der Waals surface area contributed by atoms with Crippen LogP contribution < -0.4 is 5.32 Å². The average Bonchev–Trinajstić information content (AvgIpc) is 2.84. The van der Waals surface area contributed by atoms with E-state index >= 15 is 0 Å². The summed E-state index contributed by atoms with van der Waals surface area (Å²) in [6, 6.07) is 8.80. The monoisotopic (exact) mass is 338 g/mol. The third-order valence-electron chi connectivity index (χ3n) is 3.12. The molecule has 0 saturated carbocycles. The Labute approximate surface area is 127 Å². The third-order valence-corrected chi connectivity index (χ3v) is 4.77. The van der Waals surface area contributed by atoms with Crippen LogP contribution in [0.4, 0.5) is 0 Å². The van der Waals surface area contributed by atoms with Crippen molar-refractivity contribution in [3.05, 3.63) is 50.4 Å². The third kappa shape index (κ3) is 3.88. The highest BCUT2D eigenvalue weighted by Gasteiger charge is 2.16. The largest absolute Gasteiger partial charge is 0.309 e. The highest BCUT2D eigenvalue weighted by atomic mass is 79.9. The van der Waals surface area contributed by atoms with Gasteiger partial charge in [-0.1, -0.05) is 19.9 Å². The van der Waals surface area contributed by atoms with E-state index in [1.54, 1.807) is 11.3 Å². The topological polar surface area (TPSA) is 24.9 Å². The number of halogens is 1. The van der Waals surface area contributed by atoms with Crippen molar-refractivity contribution in [3.8, 4) is 0 Å². The number of aromatic nitrogens is 1. The smallest absolute Gasteiger partial charge is 0.0701 e. The van der Waals surface area contributed by atoms with Crippen LogP contribution >= 0.6 is 27.3 Å². The van der Waals surface area contributed by atoms with Gasteiger partial charge in [-0.15, -0.1) is 11.3 Å². The molecule has 1 atom stereocenters. The van der Waals surface area contributed by atoms with E-state index in [9.17, 15) is 0 Å². The van der Waals surface area contributed by atoms with Crippen LogP contribution in [0.1, 0.15) is 36.0 Å². The van der Waals surface area contributed by atoms with Gasteiger partial charge < -0.3 is 5.32 Å². The standard InChI is InChI=1S/C15H19BrN2S/c1-3-11-6-5-9-18-15(11)13(17-4-2)10-12-7-8-14(16)19-12/h5-9,13,17H,3-4,10H2,1-2H3. The second kappa shape index (κ2) is 7.17. The van der Waals surface area contributed by atoms with Crippen LogP contribution in [0.2, 0.25) is 0 Å². The molecule has 2 heterocycles. The summed E-state index contributed by atoms with van der Waals surface area (Å²) in [6.07, 6.45) is 3.91. The molecule has 0 amide bonds. The molecule has 0 spiro atoms. The molecule has 0 saturated heterocycles. The van der Waals surface area contributed by atoms with Gasteiger partial charge in [-0.3, -0.25) is 4.98 Å². The van der Waals surface area contributed by atoms with E-state index in [0.717, 1.165) is 19.4 Å². The fourth-order valence-electron chi connectivity index (χ4n) is 2.24. The number of hydrogen-bond acceptors (Lipinski definition) is 3. The Morgan fingerprint density at radius 1 is 1.32 bits per heavy atom. The van der Waals surface area contributed by atoms with Crippen LogP contribution in [-0.4, -0.2) is 11.5 Å². The Morgan fingerprint density at radius 2 is 2.16 bits per heavy atom. The van der Waals surface area contributed by atoms with Gasteiger partial charge in [0, 0.05) is 17.5 Å². The number of pyridine rings is 1. The van der Waals surface area contributed by atoms with Crippen molar-refractivity contribution in [2.24, 2.45) is 0 Å². The molecule has 2 aromatic heterocycles. The van der Waals surface area contributed by atoms with Gasteiger partial charge in [-0.25, -0.2) is 0 Å². The Morgan fingerprint density at radius 3 is 2.79 bits per heavy atom. The molecule has 0 aliphatic carbocycles. The van der Waals surface area contributed by atoms with Crippen LogP contribution in [0.3, 0.4) is 0 Å². The second-order valence-corrected chi connectivity index (χ2v) is 6.97. The van der Waals surface area contributed by atoms with E-state index in [2.05, 4.69) is 58.3 Å². The van der Waals surface area contributed by atoms with Crippen molar-refractivity contribution >= 4 is 27.3 Å². The van der Waals surface area contributed by atoms with Crippen molar-refractivity contribution in [2.45, 2.75) is 32.7 Å². The molecule has 0 aliphatic heterocycles. The van der Waals surface area contributed by atoms with Crippen molar-refractivity contribution in [2.75, 3.05) is 6.54 Å². The summed E-state index contributed by atoms with van der Waals surface area (Å²) in [6.45, 7) is 5.29. The summed E-state index contributed by atoms with van der Waals surface area (Å²) >= 11 is 5.33. The first-order valence-corrected chi connectivity index (χ1v) is 8.27. The minimum absolute atomic E-state index is 0.298. The normalized spacial score (nSPS) is 12.6. The highest BCUT2D eigenvalue weighted by molar-refractivity contribution is 9.11. The van der Waals surface area contributed by atoms with E-state index in [4.69, 9.17) is 0 Å². The Balaban J connectivity index is 2.23. The van der Waals surface area contributed by atoms with Crippen LogP contribution in [0.5, 0.6) is 0 Å². The minimum Gasteiger partial charge on any atom is -0.309 e. The molecule has 0 aliphatic rings. The van der Waals surface area contributed by atoms with Crippen LogP contribution in [-0.2, 0) is 12.8 Å². The molecule has 1 N–H and O–H groups in total. The lowest BCUT2D eigenvalue weighted by atomic mass is 10.0. The van der Waals surface area contributed by atoms with Crippen LogP contribution in [0.25, 0.3) is 0 Å². The minimum atomic E-state index is 0.298. The lowest BCUT2D eigenvalue weighted by Gasteiger charge is -2.19. The summed E-state index contributed by atoms with van der Waals surface area (Å²) < 4.78 is 1.19. The van der Waals surface area contributed by atoms with Crippen LogP contribution in [0, 0.1) is 0 Å². The van der Waals surface area contributed by atoms with Crippen molar-refractivity contribution in [3.63, 3.8) is 0 Å². The number of hydrogen-bond donors (Lipinski definition) is 1. The molecule has 0 radical (unpaired) electrons. The quantitative estimate of drug-likeness (QED) is 0.846. The molecule has 1 unspecified atom stereocenters. The summed E-state index contributed by atoms with van der Waals surface area (Å²) in [5, 5.41) is 3.56. The summed E-state index contributed by atoms with van der Waals surface area (Å²) in [5.74, 6) is 0. The van der Waals surface area contributed by atoms with E-state index in [0.29, 0.717) is 6.04 Å². The summed E-state index contributed by atoms with van der Waals surface area (Å²) in [7, 11) is 0. The van der Waals surface area contributed by atoms with Gasteiger partial charge in [0.1, 0.15) is 0 Å². The fourth-order valence-corrected chi connectivity index (χ4v) is 3.77. The van der Waals surface area contributed by atoms with Gasteiger partial charge in [0.05, 0.1) is 15.5 Å². The van der Waals surface area contributed by atoms with E-state index in [-0.39, 0.29) is 0 Å². The Bertz CT molecular complexity index is 524. The molecule has 0 aromatic carbocycles. The number of thiophene rings is 1. The zero-order chi connectivity index (χ0) is 13.7. The zero-order valence-corrected chi connectivity index (χ0v) is 13.7. The molecular weight excluding hydrogens is 320 g/mol. The summed E-state index contributed by atoms with van der Waals surface area (Å²) in [4.78, 5) is 5.98. The number of aryl methyl sites for hydroxylation is 1. The maximum absolute atomic E-state index is 4.60. The summed E-state index contributed by atoms with van der Waals surface area (Å²) in [5.41, 5.74) is 2.53. The van der Waals surface area contributed by atoms with Crippen molar-refractivity contribution in [1.82, 2.24) is 10.3 Å².